The molecule has 0 spiro atoms. The molecule has 1 aromatic rings. The van der Waals surface area contributed by atoms with Gasteiger partial charge in [0, 0.05) is 17.6 Å². The molecule has 0 unspecified atom stereocenters. The van der Waals surface area contributed by atoms with Crippen molar-refractivity contribution < 1.29 is 4.79 Å². The lowest BCUT2D eigenvalue weighted by atomic mass is 9.82. The molecule has 1 aliphatic heterocycles. The average Bonchev–Trinajstić information content (AvgIpc) is 2.97. The van der Waals surface area contributed by atoms with Gasteiger partial charge in [0.2, 0.25) is 5.91 Å². The average molecular weight is 272 g/mol. The Kier molecular flexibility index (Phi) is 3.79. The van der Waals surface area contributed by atoms with Gasteiger partial charge in [-0.2, -0.15) is 0 Å². The Hall–Kier alpha value is -1.35. The van der Waals surface area contributed by atoms with E-state index in [9.17, 15) is 4.79 Å². The lowest BCUT2D eigenvalue weighted by Gasteiger charge is -2.26. The van der Waals surface area contributed by atoms with Gasteiger partial charge in [0.1, 0.15) is 0 Å². The Morgan fingerprint density at radius 3 is 2.85 bits per heavy atom. The SMILES string of the molecule is CCC1(C(=O)Nc2ccc3c(c2)CNCC3)CCCC1. The van der Waals surface area contributed by atoms with Crippen LogP contribution < -0.4 is 10.6 Å². The molecule has 0 radical (unpaired) electrons. The molecular weight excluding hydrogens is 248 g/mol. The molecule has 1 aromatic carbocycles. The largest absolute Gasteiger partial charge is 0.326 e. The fraction of sp³-hybridized carbons (Fsp3) is 0.588. The van der Waals surface area contributed by atoms with E-state index < -0.39 is 0 Å². The zero-order chi connectivity index (χ0) is 14.0. The van der Waals surface area contributed by atoms with Gasteiger partial charge in [0.15, 0.2) is 0 Å². The summed E-state index contributed by atoms with van der Waals surface area (Å²) in [5, 5.41) is 6.54. The molecule has 20 heavy (non-hydrogen) atoms. The van der Waals surface area contributed by atoms with Gasteiger partial charge in [0.05, 0.1) is 0 Å². The first-order chi connectivity index (χ1) is 9.73. The first-order valence-electron chi connectivity index (χ1n) is 7.87. The molecule has 3 nitrogen and oxygen atoms in total. The highest BCUT2D eigenvalue weighted by molar-refractivity contribution is 5.95. The van der Waals surface area contributed by atoms with Crippen molar-refractivity contribution in [2.75, 3.05) is 11.9 Å². The fourth-order valence-electron chi connectivity index (χ4n) is 3.61. The maximum Gasteiger partial charge on any atom is 0.230 e. The van der Waals surface area contributed by atoms with E-state index in [1.54, 1.807) is 0 Å². The fourth-order valence-corrected chi connectivity index (χ4v) is 3.61. The second kappa shape index (κ2) is 5.57. The van der Waals surface area contributed by atoms with Crippen LogP contribution in [0.3, 0.4) is 0 Å². The summed E-state index contributed by atoms with van der Waals surface area (Å²) in [5.74, 6) is 0.223. The number of rotatable bonds is 3. The summed E-state index contributed by atoms with van der Waals surface area (Å²) in [5.41, 5.74) is 3.57. The van der Waals surface area contributed by atoms with Crippen LogP contribution >= 0.6 is 0 Å². The summed E-state index contributed by atoms with van der Waals surface area (Å²) in [6, 6.07) is 6.36. The van der Waals surface area contributed by atoms with E-state index in [1.807, 2.05) is 0 Å². The van der Waals surface area contributed by atoms with Crippen molar-refractivity contribution >= 4 is 11.6 Å². The number of carbonyl (C=O) groups excluding carboxylic acids is 1. The first kappa shape index (κ1) is 13.6. The van der Waals surface area contributed by atoms with Crippen LogP contribution in [0.25, 0.3) is 0 Å². The van der Waals surface area contributed by atoms with Crippen molar-refractivity contribution in [3.63, 3.8) is 0 Å². The summed E-state index contributed by atoms with van der Waals surface area (Å²) < 4.78 is 0. The number of carbonyl (C=O) groups is 1. The lowest BCUT2D eigenvalue weighted by Crippen LogP contribution is -2.33. The third-order valence-corrected chi connectivity index (χ3v) is 5.07. The lowest BCUT2D eigenvalue weighted by molar-refractivity contribution is -0.125. The molecule has 2 N–H and O–H groups in total. The molecule has 0 bridgehead atoms. The third kappa shape index (κ3) is 2.47. The molecule has 1 amide bonds. The number of hydrogen-bond donors (Lipinski definition) is 2. The number of anilines is 1. The monoisotopic (exact) mass is 272 g/mol. The minimum Gasteiger partial charge on any atom is -0.326 e. The normalized spacial score (nSPS) is 20.4. The van der Waals surface area contributed by atoms with Crippen LogP contribution in [0.5, 0.6) is 0 Å². The van der Waals surface area contributed by atoms with Gasteiger partial charge in [-0.25, -0.2) is 0 Å². The molecule has 1 saturated carbocycles. The van der Waals surface area contributed by atoms with E-state index in [-0.39, 0.29) is 11.3 Å². The van der Waals surface area contributed by atoms with Gasteiger partial charge in [-0.3, -0.25) is 4.79 Å². The Morgan fingerprint density at radius 1 is 1.30 bits per heavy atom. The van der Waals surface area contributed by atoms with Crippen LogP contribution in [0.1, 0.15) is 50.2 Å². The summed E-state index contributed by atoms with van der Waals surface area (Å²) in [4.78, 5) is 12.6. The van der Waals surface area contributed by atoms with Crippen LogP contribution in [-0.2, 0) is 17.8 Å². The smallest absolute Gasteiger partial charge is 0.230 e. The van der Waals surface area contributed by atoms with Crippen molar-refractivity contribution in [3.8, 4) is 0 Å². The number of hydrogen-bond acceptors (Lipinski definition) is 2. The van der Waals surface area contributed by atoms with Gasteiger partial charge in [0.25, 0.3) is 0 Å². The molecule has 1 aliphatic carbocycles. The molecule has 3 heteroatoms. The Morgan fingerprint density at radius 2 is 2.10 bits per heavy atom. The summed E-state index contributed by atoms with van der Waals surface area (Å²) in [6.07, 6.45) is 6.50. The van der Waals surface area contributed by atoms with Gasteiger partial charge in [-0.05, 0) is 55.5 Å². The second-order valence-electron chi connectivity index (χ2n) is 6.21. The molecule has 3 rings (SSSR count). The van der Waals surface area contributed by atoms with E-state index in [4.69, 9.17) is 0 Å². The Bertz CT molecular complexity index is 504. The second-order valence-corrected chi connectivity index (χ2v) is 6.21. The zero-order valence-corrected chi connectivity index (χ0v) is 12.3. The standard InChI is InChI=1S/C17H24N2O/c1-2-17(8-3-4-9-17)16(20)19-15-6-5-13-7-10-18-12-14(13)11-15/h5-6,11,18H,2-4,7-10,12H2,1H3,(H,19,20). The minimum atomic E-state index is -0.117. The van der Waals surface area contributed by atoms with Gasteiger partial charge < -0.3 is 10.6 Å². The van der Waals surface area contributed by atoms with E-state index in [2.05, 4.69) is 35.8 Å². The van der Waals surface area contributed by atoms with Crippen molar-refractivity contribution in [1.82, 2.24) is 5.32 Å². The van der Waals surface area contributed by atoms with Crippen molar-refractivity contribution in [3.05, 3.63) is 29.3 Å². The highest BCUT2D eigenvalue weighted by atomic mass is 16.2. The maximum atomic E-state index is 12.6. The van der Waals surface area contributed by atoms with Gasteiger partial charge >= 0.3 is 0 Å². The number of nitrogens with one attached hydrogen (secondary N) is 2. The molecule has 1 heterocycles. The maximum absolute atomic E-state index is 12.6. The third-order valence-electron chi connectivity index (χ3n) is 5.07. The molecule has 0 atom stereocenters. The quantitative estimate of drug-likeness (QED) is 0.887. The number of benzene rings is 1. The van der Waals surface area contributed by atoms with E-state index in [0.717, 1.165) is 44.5 Å². The highest BCUT2D eigenvalue weighted by Crippen LogP contribution is 2.41. The molecule has 2 aliphatic rings. The molecular formula is C17H24N2O. The molecule has 0 aromatic heterocycles. The Balaban J connectivity index is 1.75. The number of fused-ring (bicyclic) bond motifs is 1. The molecule has 0 saturated heterocycles. The predicted octanol–water partition coefficient (Wildman–Crippen LogP) is 3.24. The van der Waals surface area contributed by atoms with Gasteiger partial charge in [-0.1, -0.05) is 25.8 Å². The van der Waals surface area contributed by atoms with Crippen molar-refractivity contribution in [1.29, 1.82) is 0 Å². The predicted molar refractivity (Wildman–Crippen MR) is 81.7 cm³/mol. The van der Waals surface area contributed by atoms with Crippen LogP contribution in [0.4, 0.5) is 5.69 Å². The molecule has 1 fully saturated rings. The topological polar surface area (TPSA) is 41.1 Å². The summed E-state index contributed by atoms with van der Waals surface area (Å²) in [6.45, 7) is 4.11. The van der Waals surface area contributed by atoms with Crippen molar-refractivity contribution in [2.24, 2.45) is 5.41 Å². The first-order valence-corrected chi connectivity index (χ1v) is 7.87. The van der Waals surface area contributed by atoms with Crippen LogP contribution in [0, 0.1) is 5.41 Å². The van der Waals surface area contributed by atoms with Crippen LogP contribution in [0.2, 0.25) is 0 Å². The summed E-state index contributed by atoms with van der Waals surface area (Å²) >= 11 is 0. The van der Waals surface area contributed by atoms with Crippen LogP contribution in [0.15, 0.2) is 18.2 Å². The minimum absolute atomic E-state index is 0.117. The highest BCUT2D eigenvalue weighted by Gasteiger charge is 2.39. The van der Waals surface area contributed by atoms with Gasteiger partial charge in [-0.15, -0.1) is 0 Å². The van der Waals surface area contributed by atoms with Crippen molar-refractivity contribution in [2.45, 2.75) is 52.0 Å². The van der Waals surface area contributed by atoms with E-state index in [1.165, 1.54) is 24.0 Å². The molecule has 108 valence electrons. The zero-order valence-electron chi connectivity index (χ0n) is 12.3. The number of amides is 1. The Labute approximate surface area is 121 Å². The summed E-state index contributed by atoms with van der Waals surface area (Å²) in [7, 11) is 0. The van der Waals surface area contributed by atoms with E-state index in [0.29, 0.717) is 0 Å². The van der Waals surface area contributed by atoms with Crippen LogP contribution in [-0.4, -0.2) is 12.5 Å². The van der Waals surface area contributed by atoms with E-state index >= 15 is 0 Å².